The zero-order valence-corrected chi connectivity index (χ0v) is 16.2. The largest absolute Gasteiger partial charge is 0.503 e. The Balaban J connectivity index is 1.80. The zero-order chi connectivity index (χ0) is 21.3. The SMILES string of the molecule is COc1ccc(CN2C(=O)C(O)=C(c3ccc(F)cc3)C2c2ccccc2F)cc1. The second-order valence-electron chi connectivity index (χ2n) is 6.97. The molecule has 6 heteroatoms. The number of nitrogens with zero attached hydrogens (tertiary/aromatic N) is 1. The summed E-state index contributed by atoms with van der Waals surface area (Å²) in [7, 11) is 1.56. The average molecular weight is 407 g/mol. The summed E-state index contributed by atoms with van der Waals surface area (Å²) in [6.07, 6.45) is 0. The topological polar surface area (TPSA) is 49.8 Å². The molecule has 1 aliphatic heterocycles. The third kappa shape index (κ3) is 3.52. The van der Waals surface area contributed by atoms with E-state index in [0.717, 1.165) is 5.56 Å². The lowest BCUT2D eigenvalue weighted by atomic mass is 9.93. The van der Waals surface area contributed by atoms with E-state index in [-0.39, 0.29) is 17.7 Å². The molecule has 30 heavy (non-hydrogen) atoms. The lowest BCUT2D eigenvalue weighted by Crippen LogP contribution is -2.30. The van der Waals surface area contributed by atoms with Gasteiger partial charge in [-0.05, 0) is 41.5 Å². The molecule has 0 saturated carbocycles. The van der Waals surface area contributed by atoms with E-state index in [9.17, 15) is 18.7 Å². The minimum atomic E-state index is -0.855. The molecule has 0 fully saturated rings. The van der Waals surface area contributed by atoms with Crippen molar-refractivity contribution in [2.75, 3.05) is 7.11 Å². The Labute approximate surface area is 172 Å². The molecule has 1 aliphatic rings. The van der Waals surface area contributed by atoms with Crippen LogP contribution in [0.5, 0.6) is 5.75 Å². The smallest absolute Gasteiger partial charge is 0.290 e. The number of aliphatic hydroxyl groups excluding tert-OH is 1. The standard InChI is InChI=1S/C24H19F2NO3/c1-30-18-12-6-15(7-13-18)14-27-22(19-4-2-3-5-20(19)26)21(23(28)24(27)29)16-8-10-17(25)11-9-16/h2-13,22,28H,14H2,1H3. The minimum Gasteiger partial charge on any atom is -0.503 e. The van der Waals surface area contributed by atoms with Gasteiger partial charge in [-0.25, -0.2) is 8.78 Å². The number of carbonyl (C=O) groups excluding carboxylic acids is 1. The van der Waals surface area contributed by atoms with Crippen LogP contribution in [0.2, 0.25) is 0 Å². The summed E-state index contributed by atoms with van der Waals surface area (Å²) in [4.78, 5) is 14.4. The van der Waals surface area contributed by atoms with E-state index >= 15 is 0 Å². The Morgan fingerprint density at radius 1 is 0.967 bits per heavy atom. The second kappa shape index (κ2) is 7.99. The zero-order valence-electron chi connectivity index (χ0n) is 16.2. The summed E-state index contributed by atoms with van der Waals surface area (Å²) in [5.41, 5.74) is 1.74. The summed E-state index contributed by atoms with van der Waals surface area (Å²) in [5, 5.41) is 10.7. The molecule has 1 N–H and O–H groups in total. The molecule has 152 valence electrons. The van der Waals surface area contributed by atoms with Crippen LogP contribution in [0.3, 0.4) is 0 Å². The summed E-state index contributed by atoms with van der Waals surface area (Å²) >= 11 is 0. The van der Waals surface area contributed by atoms with Crippen LogP contribution in [0, 0.1) is 11.6 Å². The van der Waals surface area contributed by atoms with Gasteiger partial charge in [-0.15, -0.1) is 0 Å². The van der Waals surface area contributed by atoms with E-state index < -0.39 is 29.3 Å². The minimum absolute atomic E-state index is 0.149. The normalized spacial score (nSPS) is 16.3. The van der Waals surface area contributed by atoms with Gasteiger partial charge in [0.15, 0.2) is 5.76 Å². The fourth-order valence-corrected chi connectivity index (χ4v) is 3.69. The molecule has 0 radical (unpaired) electrons. The highest BCUT2D eigenvalue weighted by molar-refractivity contribution is 6.05. The predicted molar refractivity (Wildman–Crippen MR) is 109 cm³/mol. The van der Waals surface area contributed by atoms with Gasteiger partial charge >= 0.3 is 0 Å². The van der Waals surface area contributed by atoms with E-state index in [0.29, 0.717) is 11.3 Å². The number of rotatable bonds is 5. The molecule has 0 aliphatic carbocycles. The summed E-state index contributed by atoms with van der Waals surface area (Å²) in [6.45, 7) is 0.149. The number of methoxy groups -OCH3 is 1. The highest BCUT2D eigenvalue weighted by Gasteiger charge is 2.42. The molecule has 4 rings (SSSR count). The first-order valence-corrected chi connectivity index (χ1v) is 9.37. The molecule has 1 amide bonds. The first-order chi connectivity index (χ1) is 14.5. The summed E-state index contributed by atoms with van der Waals surface area (Å²) < 4.78 is 33.3. The second-order valence-corrected chi connectivity index (χ2v) is 6.97. The number of ether oxygens (including phenoxy) is 1. The van der Waals surface area contributed by atoms with E-state index in [1.54, 1.807) is 49.6 Å². The van der Waals surface area contributed by atoms with Gasteiger partial charge in [-0.2, -0.15) is 0 Å². The van der Waals surface area contributed by atoms with E-state index in [1.165, 1.54) is 35.2 Å². The van der Waals surface area contributed by atoms with E-state index in [4.69, 9.17) is 4.74 Å². The van der Waals surface area contributed by atoms with Crippen LogP contribution in [0.1, 0.15) is 22.7 Å². The van der Waals surface area contributed by atoms with Crippen LogP contribution in [0.4, 0.5) is 8.78 Å². The van der Waals surface area contributed by atoms with Crippen molar-refractivity contribution in [3.05, 3.63) is 107 Å². The van der Waals surface area contributed by atoms with Crippen LogP contribution in [-0.4, -0.2) is 23.0 Å². The number of carbonyl (C=O) groups is 1. The molecule has 0 aromatic heterocycles. The monoisotopic (exact) mass is 407 g/mol. The highest BCUT2D eigenvalue weighted by atomic mass is 19.1. The predicted octanol–water partition coefficient (Wildman–Crippen LogP) is 5.03. The lowest BCUT2D eigenvalue weighted by molar-refractivity contribution is -0.130. The molecule has 1 atom stereocenters. The maximum atomic E-state index is 14.7. The Bertz CT molecular complexity index is 1110. The van der Waals surface area contributed by atoms with Gasteiger partial charge in [0.25, 0.3) is 5.91 Å². The Hall–Kier alpha value is -3.67. The Morgan fingerprint density at radius 3 is 2.27 bits per heavy atom. The number of amides is 1. The quantitative estimate of drug-likeness (QED) is 0.646. The Morgan fingerprint density at radius 2 is 1.63 bits per heavy atom. The number of hydrogen-bond acceptors (Lipinski definition) is 3. The van der Waals surface area contributed by atoms with Gasteiger partial charge in [0, 0.05) is 17.7 Å². The molecule has 1 heterocycles. The van der Waals surface area contributed by atoms with E-state index in [1.807, 2.05) is 0 Å². The average Bonchev–Trinajstić information content (AvgIpc) is 3.00. The first-order valence-electron chi connectivity index (χ1n) is 9.37. The molecule has 0 spiro atoms. The van der Waals surface area contributed by atoms with Gasteiger partial charge < -0.3 is 14.7 Å². The molecule has 4 nitrogen and oxygen atoms in total. The van der Waals surface area contributed by atoms with Crippen molar-refractivity contribution in [1.82, 2.24) is 4.90 Å². The molecule has 3 aromatic rings. The lowest BCUT2D eigenvalue weighted by Gasteiger charge is -2.28. The number of aliphatic hydroxyl groups is 1. The molecule has 3 aromatic carbocycles. The highest BCUT2D eigenvalue weighted by Crippen LogP contribution is 2.44. The van der Waals surface area contributed by atoms with Gasteiger partial charge in [0.1, 0.15) is 17.4 Å². The van der Waals surface area contributed by atoms with Crippen molar-refractivity contribution in [1.29, 1.82) is 0 Å². The maximum absolute atomic E-state index is 14.7. The van der Waals surface area contributed by atoms with Gasteiger partial charge in [-0.1, -0.05) is 42.5 Å². The van der Waals surface area contributed by atoms with Crippen LogP contribution in [-0.2, 0) is 11.3 Å². The van der Waals surface area contributed by atoms with E-state index in [2.05, 4.69) is 0 Å². The fourth-order valence-electron chi connectivity index (χ4n) is 3.69. The Kier molecular flexibility index (Phi) is 5.23. The summed E-state index contributed by atoms with van der Waals surface area (Å²) in [6, 6.07) is 17.8. The van der Waals surface area contributed by atoms with Gasteiger partial charge in [0.05, 0.1) is 13.2 Å². The third-order valence-electron chi connectivity index (χ3n) is 5.17. The number of halogens is 2. The molecular weight excluding hydrogens is 388 g/mol. The maximum Gasteiger partial charge on any atom is 0.290 e. The first kappa shape index (κ1) is 19.6. The molecule has 0 saturated heterocycles. The van der Waals surface area contributed by atoms with Gasteiger partial charge in [-0.3, -0.25) is 4.79 Å². The van der Waals surface area contributed by atoms with Crippen molar-refractivity contribution < 1.29 is 23.4 Å². The van der Waals surface area contributed by atoms with Crippen molar-refractivity contribution in [2.24, 2.45) is 0 Å². The van der Waals surface area contributed by atoms with Crippen LogP contribution < -0.4 is 4.74 Å². The van der Waals surface area contributed by atoms with Crippen LogP contribution >= 0.6 is 0 Å². The fraction of sp³-hybridized carbons (Fsp3) is 0.125. The van der Waals surface area contributed by atoms with Crippen LogP contribution in [0.15, 0.2) is 78.6 Å². The number of benzene rings is 3. The summed E-state index contributed by atoms with van der Waals surface area (Å²) in [5.74, 6) is -1.35. The van der Waals surface area contributed by atoms with Crippen LogP contribution in [0.25, 0.3) is 5.57 Å². The van der Waals surface area contributed by atoms with Crippen molar-refractivity contribution in [3.8, 4) is 5.75 Å². The number of hydrogen-bond donors (Lipinski definition) is 1. The molecule has 0 bridgehead atoms. The van der Waals surface area contributed by atoms with Crippen molar-refractivity contribution in [2.45, 2.75) is 12.6 Å². The third-order valence-corrected chi connectivity index (χ3v) is 5.17. The van der Waals surface area contributed by atoms with Crippen molar-refractivity contribution >= 4 is 11.5 Å². The van der Waals surface area contributed by atoms with Crippen molar-refractivity contribution in [3.63, 3.8) is 0 Å². The molecule has 1 unspecified atom stereocenters. The van der Waals surface area contributed by atoms with Gasteiger partial charge in [0.2, 0.25) is 0 Å². The molecular formula is C24H19F2NO3.